The average Bonchev–Trinajstić information content (AvgIpc) is 2.97. The Hall–Kier alpha value is -3.75. The van der Waals surface area contributed by atoms with Gasteiger partial charge in [-0.2, -0.15) is 0 Å². The molecule has 1 aliphatic heterocycles. The SMILES string of the molecule is CCCCC(=O)NCCOCCOCCOc1ccc(-c2ccc(C3=Nc4cc(C)ccc4OC3)cc2)cn1. The minimum absolute atomic E-state index is 0.0795. The molecule has 4 rings (SSSR count). The Labute approximate surface area is 230 Å². The van der Waals surface area contributed by atoms with Gasteiger partial charge in [0.25, 0.3) is 0 Å². The zero-order valence-electron chi connectivity index (χ0n) is 22.8. The number of pyridine rings is 1. The second kappa shape index (κ2) is 15.0. The number of fused-ring (bicyclic) bond motifs is 1. The second-order valence-corrected chi connectivity index (χ2v) is 9.31. The molecule has 0 fully saturated rings. The van der Waals surface area contributed by atoms with E-state index in [1.165, 1.54) is 0 Å². The van der Waals surface area contributed by atoms with Crippen LogP contribution in [0.3, 0.4) is 0 Å². The molecule has 206 valence electrons. The van der Waals surface area contributed by atoms with Crippen LogP contribution in [0.5, 0.6) is 11.6 Å². The van der Waals surface area contributed by atoms with E-state index in [2.05, 4.69) is 48.4 Å². The number of aryl methyl sites for hydroxylation is 1. The minimum Gasteiger partial charge on any atom is -0.485 e. The van der Waals surface area contributed by atoms with Gasteiger partial charge in [-0.05, 0) is 48.2 Å². The number of nitrogens with zero attached hydrogens (tertiary/aromatic N) is 2. The van der Waals surface area contributed by atoms with Crippen molar-refractivity contribution in [1.29, 1.82) is 0 Å². The second-order valence-electron chi connectivity index (χ2n) is 9.31. The molecule has 1 amide bonds. The fourth-order valence-corrected chi connectivity index (χ4v) is 4.02. The third-order valence-corrected chi connectivity index (χ3v) is 6.20. The molecular formula is C31H37N3O5. The van der Waals surface area contributed by atoms with Crippen molar-refractivity contribution >= 4 is 17.3 Å². The summed E-state index contributed by atoms with van der Waals surface area (Å²) < 4.78 is 22.6. The number of carbonyl (C=O) groups is 1. The number of benzene rings is 2. The number of hydrogen-bond donors (Lipinski definition) is 1. The van der Waals surface area contributed by atoms with Gasteiger partial charge in [-0.25, -0.2) is 9.98 Å². The molecule has 0 atom stereocenters. The van der Waals surface area contributed by atoms with Crippen LogP contribution in [0.25, 0.3) is 11.1 Å². The molecule has 2 heterocycles. The summed E-state index contributed by atoms with van der Waals surface area (Å²) in [5.74, 6) is 1.46. The van der Waals surface area contributed by atoms with Crippen molar-refractivity contribution in [3.63, 3.8) is 0 Å². The number of ether oxygens (including phenoxy) is 4. The number of amides is 1. The standard InChI is InChI=1S/C31H37N3O5/c1-3-4-5-30(35)32-14-15-36-16-17-37-18-19-38-31-13-11-26(21-33-31)24-7-9-25(10-8-24)28-22-39-29-12-6-23(2)20-27(29)34-28/h6-13,20-21H,3-5,14-19,22H2,1-2H3,(H,32,35). The van der Waals surface area contributed by atoms with E-state index in [1.807, 2.05) is 30.3 Å². The monoisotopic (exact) mass is 531 g/mol. The highest BCUT2D eigenvalue weighted by atomic mass is 16.5. The number of unbranched alkanes of at least 4 members (excludes halogenated alkanes) is 1. The van der Waals surface area contributed by atoms with Crippen LogP contribution in [0.1, 0.15) is 37.3 Å². The molecule has 1 aliphatic rings. The van der Waals surface area contributed by atoms with E-state index in [0.29, 0.717) is 58.5 Å². The van der Waals surface area contributed by atoms with E-state index in [9.17, 15) is 4.79 Å². The van der Waals surface area contributed by atoms with E-state index >= 15 is 0 Å². The highest BCUT2D eigenvalue weighted by Crippen LogP contribution is 2.32. The molecule has 1 N–H and O–H groups in total. The number of carbonyl (C=O) groups excluding carboxylic acids is 1. The average molecular weight is 532 g/mol. The lowest BCUT2D eigenvalue weighted by Crippen LogP contribution is -2.27. The highest BCUT2D eigenvalue weighted by molar-refractivity contribution is 6.04. The fourth-order valence-electron chi connectivity index (χ4n) is 4.02. The van der Waals surface area contributed by atoms with E-state index in [1.54, 1.807) is 6.20 Å². The third-order valence-electron chi connectivity index (χ3n) is 6.20. The van der Waals surface area contributed by atoms with Crippen LogP contribution >= 0.6 is 0 Å². The molecule has 0 radical (unpaired) electrons. The molecule has 8 nitrogen and oxygen atoms in total. The Kier molecular flexibility index (Phi) is 10.9. The van der Waals surface area contributed by atoms with E-state index in [-0.39, 0.29) is 5.91 Å². The maximum Gasteiger partial charge on any atom is 0.220 e. The summed E-state index contributed by atoms with van der Waals surface area (Å²) in [6, 6.07) is 18.2. The number of hydrogen-bond acceptors (Lipinski definition) is 7. The zero-order valence-corrected chi connectivity index (χ0v) is 22.8. The first-order valence-electron chi connectivity index (χ1n) is 13.5. The van der Waals surface area contributed by atoms with Crippen LogP contribution in [0.4, 0.5) is 5.69 Å². The molecule has 39 heavy (non-hydrogen) atoms. The van der Waals surface area contributed by atoms with Crippen LogP contribution in [-0.2, 0) is 14.3 Å². The maximum absolute atomic E-state index is 11.5. The van der Waals surface area contributed by atoms with Gasteiger partial charge in [0, 0.05) is 30.8 Å². The summed E-state index contributed by atoms with van der Waals surface area (Å²) in [7, 11) is 0. The summed E-state index contributed by atoms with van der Waals surface area (Å²) in [4.78, 5) is 20.7. The van der Waals surface area contributed by atoms with Gasteiger partial charge < -0.3 is 24.3 Å². The first-order valence-corrected chi connectivity index (χ1v) is 13.5. The molecule has 0 unspecified atom stereocenters. The van der Waals surface area contributed by atoms with Crippen LogP contribution in [0.2, 0.25) is 0 Å². The zero-order chi connectivity index (χ0) is 27.3. The molecular weight excluding hydrogens is 494 g/mol. The maximum atomic E-state index is 11.5. The number of aromatic nitrogens is 1. The summed E-state index contributed by atoms with van der Waals surface area (Å²) in [5.41, 5.74) is 6.06. The van der Waals surface area contributed by atoms with E-state index in [4.69, 9.17) is 23.9 Å². The quantitative estimate of drug-likeness (QED) is 0.268. The van der Waals surface area contributed by atoms with Crippen molar-refractivity contribution < 1.29 is 23.7 Å². The third kappa shape index (κ3) is 8.90. The fraction of sp³-hybridized carbons (Fsp3) is 0.387. The minimum atomic E-state index is 0.0795. The Morgan fingerprint density at radius 3 is 2.44 bits per heavy atom. The van der Waals surface area contributed by atoms with Crippen molar-refractivity contribution in [3.05, 3.63) is 71.9 Å². The predicted octanol–water partition coefficient (Wildman–Crippen LogP) is 5.29. The van der Waals surface area contributed by atoms with Crippen molar-refractivity contribution in [2.45, 2.75) is 33.1 Å². The van der Waals surface area contributed by atoms with E-state index in [0.717, 1.165) is 52.2 Å². The molecule has 2 aromatic carbocycles. The molecule has 8 heteroatoms. The first kappa shape index (κ1) is 28.3. The van der Waals surface area contributed by atoms with Gasteiger partial charge in [-0.3, -0.25) is 4.79 Å². The Bertz CT molecular complexity index is 1230. The number of rotatable bonds is 15. The Balaban J connectivity index is 1.13. The topological polar surface area (TPSA) is 91.3 Å². The lowest BCUT2D eigenvalue weighted by molar-refractivity contribution is -0.121. The molecule has 0 aliphatic carbocycles. The smallest absolute Gasteiger partial charge is 0.220 e. The Morgan fingerprint density at radius 2 is 1.67 bits per heavy atom. The summed E-state index contributed by atoms with van der Waals surface area (Å²) in [5, 5.41) is 2.84. The largest absolute Gasteiger partial charge is 0.485 e. The van der Waals surface area contributed by atoms with Crippen LogP contribution < -0.4 is 14.8 Å². The van der Waals surface area contributed by atoms with Crippen molar-refractivity contribution in [3.8, 4) is 22.8 Å². The van der Waals surface area contributed by atoms with Gasteiger partial charge in [0.1, 0.15) is 24.7 Å². The number of aliphatic imine (C=N–C) groups is 1. The molecule has 0 bridgehead atoms. The lowest BCUT2D eigenvalue weighted by atomic mass is 10.0. The molecule has 1 aromatic heterocycles. The highest BCUT2D eigenvalue weighted by Gasteiger charge is 2.15. The summed E-state index contributed by atoms with van der Waals surface area (Å²) >= 11 is 0. The van der Waals surface area contributed by atoms with Gasteiger partial charge in [0.05, 0.1) is 32.1 Å². The van der Waals surface area contributed by atoms with Crippen molar-refractivity contribution in [1.82, 2.24) is 10.3 Å². The van der Waals surface area contributed by atoms with Crippen LogP contribution in [-0.4, -0.2) is 62.8 Å². The van der Waals surface area contributed by atoms with Gasteiger partial charge in [-0.15, -0.1) is 0 Å². The molecule has 0 saturated heterocycles. The van der Waals surface area contributed by atoms with Gasteiger partial charge in [0.2, 0.25) is 11.8 Å². The molecule has 0 spiro atoms. The van der Waals surface area contributed by atoms with Crippen LogP contribution in [0, 0.1) is 6.92 Å². The Morgan fingerprint density at radius 1 is 0.923 bits per heavy atom. The lowest BCUT2D eigenvalue weighted by Gasteiger charge is -2.17. The first-order chi connectivity index (χ1) is 19.1. The summed E-state index contributed by atoms with van der Waals surface area (Å²) in [6.45, 7) is 7.38. The van der Waals surface area contributed by atoms with Crippen molar-refractivity contribution in [2.24, 2.45) is 4.99 Å². The van der Waals surface area contributed by atoms with Gasteiger partial charge >= 0.3 is 0 Å². The van der Waals surface area contributed by atoms with Crippen LogP contribution in [0.15, 0.2) is 65.8 Å². The van der Waals surface area contributed by atoms with Crippen molar-refractivity contribution in [2.75, 3.05) is 46.2 Å². The normalized spacial score (nSPS) is 12.3. The molecule has 0 saturated carbocycles. The summed E-state index contributed by atoms with van der Waals surface area (Å²) in [6.07, 6.45) is 4.32. The van der Waals surface area contributed by atoms with Gasteiger partial charge in [0.15, 0.2) is 0 Å². The van der Waals surface area contributed by atoms with E-state index < -0.39 is 0 Å². The number of nitrogens with one attached hydrogen (secondary N) is 1. The predicted molar refractivity (Wildman–Crippen MR) is 152 cm³/mol. The molecule has 3 aromatic rings. The van der Waals surface area contributed by atoms with Gasteiger partial charge in [-0.1, -0.05) is 43.7 Å².